The Kier molecular flexibility index (Phi) is 9.02. The van der Waals surface area contributed by atoms with Crippen molar-refractivity contribution in [2.75, 3.05) is 32.7 Å². The van der Waals surface area contributed by atoms with Gasteiger partial charge in [-0.05, 0) is 37.0 Å². The average molecular weight is 250 g/mol. The third-order valence-corrected chi connectivity index (χ3v) is 9.63. The summed E-state index contributed by atoms with van der Waals surface area (Å²) in [6.45, 7) is 6.81. The van der Waals surface area contributed by atoms with Crippen LogP contribution in [0.5, 0.6) is 0 Å². The zero-order chi connectivity index (χ0) is 11.7. The lowest BCUT2D eigenvalue weighted by atomic mass is 10.6. The zero-order valence-electron chi connectivity index (χ0n) is 11.0. The van der Waals surface area contributed by atoms with Crippen molar-refractivity contribution in [2.45, 2.75) is 39.3 Å². The molecule has 0 N–H and O–H groups in total. The summed E-state index contributed by atoms with van der Waals surface area (Å²) in [5, 5.41) is 0. The van der Waals surface area contributed by atoms with E-state index < -0.39 is 8.56 Å². The molecular weight excluding hydrogens is 223 g/mol. The molecule has 0 spiro atoms. The minimum absolute atomic E-state index is 0.287. The molecule has 0 aliphatic heterocycles. The molecule has 0 aliphatic carbocycles. The summed E-state index contributed by atoms with van der Waals surface area (Å²) in [7, 11) is 2.10. The molecule has 0 aromatic rings. The summed E-state index contributed by atoms with van der Waals surface area (Å²) in [6, 6.07) is 2.23. The Labute approximate surface area is 97.7 Å². The Hall–Kier alpha value is 0.567. The molecule has 0 rings (SSSR count). The van der Waals surface area contributed by atoms with Crippen molar-refractivity contribution < 1.29 is 8.85 Å². The highest BCUT2D eigenvalue weighted by molar-refractivity contribution is 7.57. The van der Waals surface area contributed by atoms with Gasteiger partial charge in [0.05, 0.1) is 0 Å². The van der Waals surface area contributed by atoms with Crippen LogP contribution in [0.25, 0.3) is 0 Å². The predicted octanol–water partition coefficient (Wildman–Crippen LogP) is 3.65. The zero-order valence-corrected chi connectivity index (χ0v) is 12.9. The van der Waals surface area contributed by atoms with Crippen LogP contribution in [0.4, 0.5) is 0 Å². The van der Waals surface area contributed by atoms with Gasteiger partial charge in [0.2, 0.25) is 0 Å². The van der Waals surface area contributed by atoms with Crippen LogP contribution in [-0.2, 0) is 8.85 Å². The van der Waals surface area contributed by atoms with E-state index in [9.17, 15) is 0 Å². The molecule has 0 radical (unpaired) electrons. The van der Waals surface area contributed by atoms with Gasteiger partial charge in [-0.2, -0.15) is 0 Å². The van der Waals surface area contributed by atoms with E-state index >= 15 is 0 Å². The molecule has 4 heteroatoms. The summed E-state index contributed by atoms with van der Waals surface area (Å²) in [4.78, 5) is 0. The molecule has 92 valence electrons. The van der Waals surface area contributed by atoms with Crippen LogP contribution in [0, 0.1) is 0 Å². The van der Waals surface area contributed by atoms with Crippen molar-refractivity contribution in [3.8, 4) is 0 Å². The fraction of sp³-hybridized carbons (Fsp3) is 1.00. The highest BCUT2D eigenvalue weighted by atomic mass is 31.1. The Morgan fingerprint density at radius 2 is 1.53 bits per heavy atom. The SMILES string of the molecule is CCP(CC)CCC[Si](CC)(OC)OC. The van der Waals surface area contributed by atoms with Crippen LogP contribution in [0.15, 0.2) is 0 Å². The van der Waals surface area contributed by atoms with Gasteiger partial charge in [0.15, 0.2) is 0 Å². The van der Waals surface area contributed by atoms with Crippen molar-refractivity contribution in [2.24, 2.45) is 0 Å². The lowest BCUT2D eigenvalue weighted by Gasteiger charge is -2.26. The van der Waals surface area contributed by atoms with Crippen molar-refractivity contribution in [1.82, 2.24) is 0 Å². The van der Waals surface area contributed by atoms with E-state index in [1.165, 1.54) is 24.9 Å². The molecule has 0 heterocycles. The maximum Gasteiger partial charge on any atom is 0.337 e. The fourth-order valence-corrected chi connectivity index (χ4v) is 6.07. The fourth-order valence-electron chi connectivity index (χ4n) is 1.86. The van der Waals surface area contributed by atoms with Crippen LogP contribution in [0.1, 0.15) is 27.2 Å². The van der Waals surface area contributed by atoms with Gasteiger partial charge in [-0.15, -0.1) is 7.92 Å². The summed E-state index contributed by atoms with van der Waals surface area (Å²) in [5.74, 6) is 0. The normalized spacial score (nSPS) is 12.4. The Morgan fingerprint density at radius 1 is 1.00 bits per heavy atom. The minimum Gasteiger partial charge on any atom is -0.398 e. The molecule has 0 saturated heterocycles. The number of hydrogen-bond donors (Lipinski definition) is 0. The van der Waals surface area contributed by atoms with E-state index in [4.69, 9.17) is 8.85 Å². The Balaban J connectivity index is 3.89. The van der Waals surface area contributed by atoms with Crippen molar-refractivity contribution >= 4 is 16.5 Å². The van der Waals surface area contributed by atoms with Gasteiger partial charge in [0.25, 0.3) is 0 Å². The van der Waals surface area contributed by atoms with E-state index in [0.717, 1.165) is 12.1 Å². The summed E-state index contributed by atoms with van der Waals surface area (Å²) < 4.78 is 11.2. The Bertz CT molecular complexity index is 139. The summed E-state index contributed by atoms with van der Waals surface area (Å²) in [6.07, 6.45) is 5.41. The van der Waals surface area contributed by atoms with Crippen LogP contribution in [0.3, 0.4) is 0 Å². The van der Waals surface area contributed by atoms with Crippen molar-refractivity contribution in [3.05, 3.63) is 0 Å². The average Bonchev–Trinajstić information content (AvgIpc) is 2.31. The standard InChI is InChI=1S/C11H27O2PSi/c1-6-14(7-2)10-9-11-15(8-3,12-4)13-5/h6-11H2,1-5H3. The first kappa shape index (κ1) is 15.6. The predicted molar refractivity (Wildman–Crippen MR) is 72.5 cm³/mol. The molecule has 2 nitrogen and oxygen atoms in total. The molecule has 0 aliphatic rings. The topological polar surface area (TPSA) is 18.5 Å². The molecule has 0 atom stereocenters. The first-order valence-corrected chi connectivity index (χ1v) is 10.1. The third kappa shape index (κ3) is 5.44. The molecular formula is C11H27O2PSi. The number of rotatable bonds is 9. The van der Waals surface area contributed by atoms with Crippen LogP contribution in [0.2, 0.25) is 12.1 Å². The highest BCUT2D eigenvalue weighted by Crippen LogP contribution is 2.36. The number of hydrogen-bond acceptors (Lipinski definition) is 2. The largest absolute Gasteiger partial charge is 0.398 e. The Morgan fingerprint density at radius 3 is 1.87 bits per heavy atom. The van der Waals surface area contributed by atoms with Gasteiger partial charge >= 0.3 is 8.56 Å². The van der Waals surface area contributed by atoms with E-state index in [0.29, 0.717) is 0 Å². The third-order valence-electron chi connectivity index (χ3n) is 3.21. The molecule has 0 fully saturated rings. The van der Waals surface area contributed by atoms with Crippen molar-refractivity contribution in [1.29, 1.82) is 0 Å². The van der Waals surface area contributed by atoms with Gasteiger partial charge in [-0.25, -0.2) is 0 Å². The molecule has 0 bridgehead atoms. The van der Waals surface area contributed by atoms with Crippen molar-refractivity contribution in [3.63, 3.8) is 0 Å². The maximum atomic E-state index is 5.61. The smallest absolute Gasteiger partial charge is 0.337 e. The van der Waals surface area contributed by atoms with Gasteiger partial charge in [-0.1, -0.05) is 20.8 Å². The second kappa shape index (κ2) is 8.69. The van der Waals surface area contributed by atoms with Crippen LogP contribution < -0.4 is 0 Å². The lowest BCUT2D eigenvalue weighted by molar-refractivity contribution is 0.242. The van der Waals surface area contributed by atoms with Crippen LogP contribution in [-0.4, -0.2) is 41.3 Å². The second-order valence-electron chi connectivity index (χ2n) is 3.80. The maximum absolute atomic E-state index is 5.61. The van der Waals surface area contributed by atoms with E-state index in [-0.39, 0.29) is 7.92 Å². The lowest BCUT2D eigenvalue weighted by Crippen LogP contribution is -2.39. The minimum atomic E-state index is -1.80. The molecule has 0 saturated carbocycles. The molecule has 15 heavy (non-hydrogen) atoms. The highest BCUT2D eigenvalue weighted by Gasteiger charge is 2.32. The molecule has 0 unspecified atom stereocenters. The quantitative estimate of drug-likeness (QED) is 0.459. The molecule has 0 aromatic heterocycles. The van der Waals surface area contributed by atoms with Gasteiger partial charge in [0.1, 0.15) is 0 Å². The second-order valence-corrected chi connectivity index (χ2v) is 10.7. The van der Waals surface area contributed by atoms with E-state index in [1.54, 1.807) is 0 Å². The molecule has 0 amide bonds. The van der Waals surface area contributed by atoms with Crippen LogP contribution >= 0.6 is 7.92 Å². The van der Waals surface area contributed by atoms with E-state index in [2.05, 4.69) is 20.8 Å². The van der Waals surface area contributed by atoms with Gasteiger partial charge in [-0.3, -0.25) is 0 Å². The monoisotopic (exact) mass is 250 g/mol. The van der Waals surface area contributed by atoms with E-state index in [1.807, 2.05) is 14.2 Å². The first-order chi connectivity index (χ1) is 7.17. The van der Waals surface area contributed by atoms with Gasteiger partial charge < -0.3 is 8.85 Å². The molecule has 0 aromatic carbocycles. The summed E-state index contributed by atoms with van der Waals surface area (Å²) >= 11 is 0. The van der Waals surface area contributed by atoms with Gasteiger partial charge in [0, 0.05) is 14.2 Å². The first-order valence-electron chi connectivity index (χ1n) is 6.00. The summed E-state index contributed by atoms with van der Waals surface area (Å²) in [5.41, 5.74) is 0.